The Morgan fingerprint density at radius 1 is 1.31 bits per heavy atom. The molecule has 1 saturated carbocycles. The molecule has 0 saturated heterocycles. The molecule has 1 unspecified atom stereocenters. The lowest BCUT2D eigenvalue weighted by Crippen LogP contribution is -2.19. The number of aliphatic hydroxyl groups excluding tert-OH is 1. The summed E-state index contributed by atoms with van der Waals surface area (Å²) in [4.78, 5) is 0. The molecule has 1 rings (SSSR count). The summed E-state index contributed by atoms with van der Waals surface area (Å²) < 4.78 is 10.3. The van der Waals surface area contributed by atoms with Crippen molar-refractivity contribution < 1.29 is 19.7 Å². The van der Waals surface area contributed by atoms with Gasteiger partial charge < -0.3 is 19.7 Å². The third-order valence-corrected chi connectivity index (χ3v) is 1.93. The highest BCUT2D eigenvalue weighted by Gasteiger charge is 2.40. The topological polar surface area (TPSA) is 58.9 Å². The molecule has 0 aromatic rings. The molecular formula is C9H18O4. The minimum Gasteiger partial charge on any atom is -0.391 e. The summed E-state index contributed by atoms with van der Waals surface area (Å²) in [7, 11) is 0. The van der Waals surface area contributed by atoms with Crippen LogP contribution in [0.15, 0.2) is 0 Å². The number of ether oxygens (including phenoxy) is 2. The minimum absolute atomic E-state index is 0.341. The van der Waals surface area contributed by atoms with E-state index < -0.39 is 11.7 Å². The molecule has 0 aromatic heterocycles. The van der Waals surface area contributed by atoms with Gasteiger partial charge >= 0.3 is 0 Å². The van der Waals surface area contributed by atoms with Crippen LogP contribution in [0.4, 0.5) is 0 Å². The summed E-state index contributed by atoms with van der Waals surface area (Å²) in [5.41, 5.74) is -0.537. The standard InChI is InChI=1S/C9H18O4/c1-8(10)6-12-4-5-13-7-9(11)2-3-9/h8,10-11H,2-7H2,1H3. The smallest absolute Gasteiger partial charge is 0.0882 e. The van der Waals surface area contributed by atoms with Gasteiger partial charge in [-0.3, -0.25) is 0 Å². The summed E-state index contributed by atoms with van der Waals surface area (Å²) in [6, 6.07) is 0. The average Bonchev–Trinajstić information content (AvgIpc) is 2.76. The van der Waals surface area contributed by atoms with E-state index in [-0.39, 0.29) is 0 Å². The number of aliphatic hydroxyl groups is 2. The van der Waals surface area contributed by atoms with E-state index in [0.29, 0.717) is 26.4 Å². The normalized spacial score (nSPS) is 21.5. The SMILES string of the molecule is CC(O)COCCOCC1(O)CC1. The van der Waals surface area contributed by atoms with Crippen molar-refractivity contribution >= 4 is 0 Å². The summed E-state index contributed by atoms with van der Waals surface area (Å²) in [5.74, 6) is 0. The summed E-state index contributed by atoms with van der Waals surface area (Å²) >= 11 is 0. The van der Waals surface area contributed by atoms with Gasteiger partial charge in [0.2, 0.25) is 0 Å². The van der Waals surface area contributed by atoms with Gasteiger partial charge in [-0.05, 0) is 19.8 Å². The van der Waals surface area contributed by atoms with Crippen molar-refractivity contribution in [2.75, 3.05) is 26.4 Å². The molecule has 2 N–H and O–H groups in total. The maximum Gasteiger partial charge on any atom is 0.0882 e. The number of hydrogen-bond acceptors (Lipinski definition) is 4. The zero-order valence-corrected chi connectivity index (χ0v) is 8.03. The van der Waals surface area contributed by atoms with E-state index in [2.05, 4.69) is 0 Å². The molecule has 0 amide bonds. The van der Waals surface area contributed by atoms with Crippen LogP contribution in [0.1, 0.15) is 19.8 Å². The highest BCUT2D eigenvalue weighted by Crippen LogP contribution is 2.34. The lowest BCUT2D eigenvalue weighted by Gasteiger charge is -2.09. The molecule has 0 spiro atoms. The molecule has 13 heavy (non-hydrogen) atoms. The van der Waals surface area contributed by atoms with Crippen LogP contribution in [0.3, 0.4) is 0 Å². The Labute approximate surface area is 78.5 Å². The highest BCUT2D eigenvalue weighted by atomic mass is 16.5. The van der Waals surface area contributed by atoms with E-state index >= 15 is 0 Å². The van der Waals surface area contributed by atoms with Crippen molar-refractivity contribution in [3.63, 3.8) is 0 Å². The first-order valence-corrected chi connectivity index (χ1v) is 4.68. The van der Waals surface area contributed by atoms with Crippen LogP contribution in [-0.4, -0.2) is 48.3 Å². The van der Waals surface area contributed by atoms with Crippen LogP contribution in [0.2, 0.25) is 0 Å². The Kier molecular flexibility index (Phi) is 4.12. The fourth-order valence-electron chi connectivity index (χ4n) is 0.923. The first kappa shape index (κ1) is 10.9. The fraction of sp³-hybridized carbons (Fsp3) is 1.00. The molecule has 0 aliphatic heterocycles. The van der Waals surface area contributed by atoms with E-state index in [1.807, 2.05) is 0 Å². The third-order valence-electron chi connectivity index (χ3n) is 1.93. The Morgan fingerprint density at radius 2 is 1.92 bits per heavy atom. The first-order chi connectivity index (χ1) is 6.12. The van der Waals surface area contributed by atoms with Gasteiger partial charge in [0.1, 0.15) is 0 Å². The van der Waals surface area contributed by atoms with Crippen molar-refractivity contribution in [1.82, 2.24) is 0 Å². The highest BCUT2D eigenvalue weighted by molar-refractivity contribution is 4.92. The molecule has 0 aromatic carbocycles. The second-order valence-corrected chi connectivity index (χ2v) is 3.70. The lowest BCUT2D eigenvalue weighted by molar-refractivity contribution is -0.0208. The van der Waals surface area contributed by atoms with Crippen LogP contribution in [-0.2, 0) is 9.47 Å². The molecule has 78 valence electrons. The molecule has 1 aliphatic rings. The molecule has 0 radical (unpaired) electrons. The Hall–Kier alpha value is -0.160. The molecule has 1 atom stereocenters. The van der Waals surface area contributed by atoms with E-state index in [0.717, 1.165) is 12.8 Å². The van der Waals surface area contributed by atoms with Crippen LogP contribution < -0.4 is 0 Å². The van der Waals surface area contributed by atoms with Gasteiger partial charge in [-0.2, -0.15) is 0 Å². The number of hydrogen-bond donors (Lipinski definition) is 2. The second-order valence-electron chi connectivity index (χ2n) is 3.70. The molecule has 1 aliphatic carbocycles. The van der Waals surface area contributed by atoms with Crippen molar-refractivity contribution in [3.05, 3.63) is 0 Å². The van der Waals surface area contributed by atoms with Gasteiger partial charge in [0.15, 0.2) is 0 Å². The predicted molar refractivity (Wildman–Crippen MR) is 47.5 cm³/mol. The maximum absolute atomic E-state index is 9.37. The van der Waals surface area contributed by atoms with Crippen LogP contribution in [0, 0.1) is 0 Å². The van der Waals surface area contributed by atoms with Gasteiger partial charge in [0.05, 0.1) is 38.1 Å². The Bertz CT molecular complexity index is 143. The summed E-state index contributed by atoms with van der Waals surface area (Å²) in [5, 5.41) is 18.2. The van der Waals surface area contributed by atoms with Crippen LogP contribution >= 0.6 is 0 Å². The summed E-state index contributed by atoms with van der Waals surface area (Å²) in [6.07, 6.45) is 1.27. The van der Waals surface area contributed by atoms with Gasteiger partial charge in [0, 0.05) is 0 Å². The molecule has 0 heterocycles. The minimum atomic E-state index is -0.537. The maximum atomic E-state index is 9.37. The molecule has 4 nitrogen and oxygen atoms in total. The van der Waals surface area contributed by atoms with E-state index in [4.69, 9.17) is 14.6 Å². The monoisotopic (exact) mass is 190 g/mol. The van der Waals surface area contributed by atoms with Gasteiger partial charge in [0.25, 0.3) is 0 Å². The summed E-state index contributed by atoms with van der Waals surface area (Å²) in [6.45, 7) is 3.38. The van der Waals surface area contributed by atoms with E-state index in [1.165, 1.54) is 0 Å². The quantitative estimate of drug-likeness (QED) is 0.551. The van der Waals surface area contributed by atoms with Crippen molar-refractivity contribution in [2.45, 2.75) is 31.5 Å². The second kappa shape index (κ2) is 4.91. The largest absolute Gasteiger partial charge is 0.391 e. The van der Waals surface area contributed by atoms with Gasteiger partial charge in [-0.1, -0.05) is 0 Å². The number of rotatable bonds is 7. The van der Waals surface area contributed by atoms with E-state index in [9.17, 15) is 5.11 Å². The average molecular weight is 190 g/mol. The van der Waals surface area contributed by atoms with Crippen molar-refractivity contribution in [1.29, 1.82) is 0 Å². The predicted octanol–water partition coefficient (Wildman–Crippen LogP) is -0.0747. The lowest BCUT2D eigenvalue weighted by atomic mass is 10.4. The first-order valence-electron chi connectivity index (χ1n) is 4.68. The van der Waals surface area contributed by atoms with E-state index in [1.54, 1.807) is 6.92 Å². The van der Waals surface area contributed by atoms with Crippen molar-refractivity contribution in [3.8, 4) is 0 Å². The molecule has 4 heteroatoms. The third kappa shape index (κ3) is 5.21. The van der Waals surface area contributed by atoms with Crippen LogP contribution in [0.25, 0.3) is 0 Å². The fourth-order valence-corrected chi connectivity index (χ4v) is 0.923. The Balaban J connectivity index is 1.79. The molecule has 0 bridgehead atoms. The Morgan fingerprint density at radius 3 is 2.46 bits per heavy atom. The van der Waals surface area contributed by atoms with Crippen LogP contribution in [0.5, 0.6) is 0 Å². The molecular weight excluding hydrogens is 172 g/mol. The zero-order valence-electron chi connectivity index (χ0n) is 8.03. The van der Waals surface area contributed by atoms with Crippen molar-refractivity contribution in [2.24, 2.45) is 0 Å². The van der Waals surface area contributed by atoms with Gasteiger partial charge in [-0.25, -0.2) is 0 Å². The zero-order chi connectivity index (χ0) is 9.73. The molecule has 1 fully saturated rings. The van der Waals surface area contributed by atoms with Gasteiger partial charge in [-0.15, -0.1) is 0 Å².